The van der Waals surface area contributed by atoms with Gasteiger partial charge in [0, 0.05) is 40.2 Å². The van der Waals surface area contributed by atoms with E-state index in [4.69, 9.17) is 4.74 Å². The van der Waals surface area contributed by atoms with Crippen molar-refractivity contribution in [3.63, 3.8) is 0 Å². The minimum atomic E-state index is -0.406. The van der Waals surface area contributed by atoms with E-state index in [9.17, 15) is 9.59 Å². The predicted molar refractivity (Wildman–Crippen MR) is 128 cm³/mol. The molecule has 0 saturated carbocycles. The summed E-state index contributed by atoms with van der Waals surface area (Å²) in [6.07, 6.45) is 3.64. The van der Waals surface area contributed by atoms with Gasteiger partial charge in [-0.1, -0.05) is 24.0 Å². The van der Waals surface area contributed by atoms with Crippen LogP contribution in [0.25, 0.3) is 10.6 Å². The Balaban J connectivity index is 1.41. The molecule has 0 atom stereocenters. The number of anilines is 1. The number of ether oxygens (including phenoxy) is 1. The zero-order chi connectivity index (χ0) is 23.0. The van der Waals surface area contributed by atoms with Gasteiger partial charge in [-0.3, -0.25) is 9.78 Å². The van der Waals surface area contributed by atoms with Crippen LogP contribution >= 0.6 is 11.3 Å². The first-order valence-corrected chi connectivity index (χ1v) is 10.9. The van der Waals surface area contributed by atoms with Gasteiger partial charge >= 0.3 is 5.97 Å². The molecule has 2 aromatic carbocycles. The number of carbonyl (C=O) groups is 2. The summed E-state index contributed by atoms with van der Waals surface area (Å²) in [6, 6.07) is 18.0. The molecule has 1 amide bonds. The summed E-state index contributed by atoms with van der Waals surface area (Å²) in [5.41, 5.74) is 4.16. The highest BCUT2D eigenvalue weighted by atomic mass is 32.1. The predicted octanol–water partition coefficient (Wildman–Crippen LogP) is 4.57. The normalized spacial score (nSPS) is 10.1. The first-order chi connectivity index (χ1) is 16.1. The summed E-state index contributed by atoms with van der Waals surface area (Å²) >= 11 is 1.48. The molecule has 0 aliphatic rings. The second kappa shape index (κ2) is 10.4. The first kappa shape index (κ1) is 21.9. The number of rotatable bonds is 5. The lowest BCUT2D eigenvalue weighted by Crippen LogP contribution is -2.14. The number of aromatic nitrogens is 2. The Morgan fingerprint density at radius 2 is 1.82 bits per heavy atom. The minimum Gasteiger partial charge on any atom is -0.465 e. The molecule has 0 bridgehead atoms. The number of thiazole rings is 1. The van der Waals surface area contributed by atoms with E-state index in [1.54, 1.807) is 36.7 Å². The van der Waals surface area contributed by atoms with Crippen LogP contribution in [-0.4, -0.2) is 29.0 Å². The Kier molecular flexibility index (Phi) is 6.88. The highest BCUT2D eigenvalue weighted by molar-refractivity contribution is 7.13. The molecule has 4 rings (SSSR count). The molecule has 1 N–H and O–H groups in total. The molecule has 0 saturated heterocycles. The molecular formula is C26H19N3O3S. The number of nitrogens with zero attached hydrogens (tertiary/aromatic N) is 2. The monoisotopic (exact) mass is 453 g/mol. The van der Waals surface area contributed by atoms with Crippen LogP contribution in [0.1, 0.15) is 27.2 Å². The van der Waals surface area contributed by atoms with Crippen molar-refractivity contribution in [3.8, 4) is 22.4 Å². The maximum Gasteiger partial charge on any atom is 0.337 e. The van der Waals surface area contributed by atoms with Gasteiger partial charge in [-0.15, -0.1) is 11.3 Å². The zero-order valence-corrected chi connectivity index (χ0v) is 18.6. The Labute approximate surface area is 195 Å². The van der Waals surface area contributed by atoms with Gasteiger partial charge in [-0.05, 0) is 48.5 Å². The summed E-state index contributed by atoms with van der Waals surface area (Å²) in [7, 11) is 1.34. The van der Waals surface area contributed by atoms with Crippen LogP contribution in [0.2, 0.25) is 0 Å². The Hall–Kier alpha value is -4.28. The van der Waals surface area contributed by atoms with Crippen molar-refractivity contribution in [1.82, 2.24) is 9.97 Å². The van der Waals surface area contributed by atoms with E-state index in [-0.39, 0.29) is 12.3 Å². The number of hydrogen-bond acceptors (Lipinski definition) is 6. The molecular weight excluding hydrogens is 434 g/mol. The third-order valence-corrected chi connectivity index (χ3v) is 5.52. The third-order valence-electron chi connectivity index (χ3n) is 4.58. The minimum absolute atomic E-state index is 0.158. The van der Waals surface area contributed by atoms with Crippen molar-refractivity contribution in [1.29, 1.82) is 0 Å². The molecule has 4 aromatic rings. The number of amides is 1. The van der Waals surface area contributed by atoms with Crippen molar-refractivity contribution in [2.45, 2.75) is 6.42 Å². The topological polar surface area (TPSA) is 81.2 Å². The smallest absolute Gasteiger partial charge is 0.337 e. The van der Waals surface area contributed by atoms with E-state index in [0.717, 1.165) is 16.1 Å². The average Bonchev–Trinajstić information content (AvgIpc) is 3.31. The molecule has 33 heavy (non-hydrogen) atoms. The zero-order valence-electron chi connectivity index (χ0n) is 17.7. The second-order valence-corrected chi connectivity index (χ2v) is 7.87. The van der Waals surface area contributed by atoms with Crippen LogP contribution in [0.4, 0.5) is 5.69 Å². The van der Waals surface area contributed by atoms with Crippen molar-refractivity contribution in [2.75, 3.05) is 12.4 Å². The largest absolute Gasteiger partial charge is 0.465 e. The van der Waals surface area contributed by atoms with Crippen molar-refractivity contribution >= 4 is 28.9 Å². The van der Waals surface area contributed by atoms with Gasteiger partial charge in [0.1, 0.15) is 5.01 Å². The van der Waals surface area contributed by atoms with Crippen LogP contribution < -0.4 is 5.32 Å². The molecule has 0 aliphatic heterocycles. The van der Waals surface area contributed by atoms with Crippen LogP contribution in [0.3, 0.4) is 0 Å². The molecule has 0 radical (unpaired) electrons. The molecule has 162 valence electrons. The van der Waals surface area contributed by atoms with E-state index >= 15 is 0 Å². The molecule has 6 nitrogen and oxygen atoms in total. The first-order valence-electron chi connectivity index (χ1n) is 10.1. The number of carbonyl (C=O) groups excluding carboxylic acids is 2. The molecule has 0 unspecified atom stereocenters. The summed E-state index contributed by atoms with van der Waals surface area (Å²) in [5.74, 6) is 5.53. The SMILES string of the molecule is COC(=O)c1cccc(C#Cc2cccc(NC(=O)Cc3csc(-c4cccnc4)n3)c2)c1. The molecule has 0 spiro atoms. The quantitative estimate of drug-likeness (QED) is 0.354. The van der Waals surface area contributed by atoms with Gasteiger partial charge in [0.05, 0.1) is 24.8 Å². The lowest BCUT2D eigenvalue weighted by Gasteiger charge is -2.04. The summed E-state index contributed by atoms with van der Waals surface area (Å²) < 4.78 is 4.74. The molecule has 0 aliphatic carbocycles. The van der Waals surface area contributed by atoms with Crippen molar-refractivity contribution in [3.05, 3.63) is 101 Å². The number of hydrogen-bond donors (Lipinski definition) is 1. The van der Waals surface area contributed by atoms with Gasteiger partial charge in [0.15, 0.2) is 0 Å². The van der Waals surface area contributed by atoms with E-state index in [2.05, 4.69) is 27.1 Å². The highest BCUT2D eigenvalue weighted by Gasteiger charge is 2.10. The third kappa shape index (κ3) is 5.91. The lowest BCUT2D eigenvalue weighted by molar-refractivity contribution is -0.115. The van der Waals surface area contributed by atoms with Gasteiger partial charge in [-0.25, -0.2) is 9.78 Å². The number of methoxy groups -OCH3 is 1. The lowest BCUT2D eigenvalue weighted by atomic mass is 10.1. The summed E-state index contributed by atoms with van der Waals surface area (Å²) in [5, 5.41) is 5.61. The van der Waals surface area contributed by atoms with E-state index in [1.807, 2.05) is 41.8 Å². The fourth-order valence-corrected chi connectivity index (χ4v) is 3.85. The Morgan fingerprint density at radius 3 is 2.58 bits per heavy atom. The fraction of sp³-hybridized carbons (Fsp3) is 0.0769. The van der Waals surface area contributed by atoms with E-state index < -0.39 is 5.97 Å². The van der Waals surface area contributed by atoms with Crippen molar-refractivity contribution < 1.29 is 14.3 Å². The highest BCUT2D eigenvalue weighted by Crippen LogP contribution is 2.23. The van der Waals surface area contributed by atoms with Crippen LogP contribution in [-0.2, 0) is 16.0 Å². The Morgan fingerprint density at radius 1 is 1.03 bits per heavy atom. The number of esters is 1. The van der Waals surface area contributed by atoms with Crippen LogP contribution in [0.15, 0.2) is 78.4 Å². The molecule has 2 heterocycles. The molecule has 0 fully saturated rings. The van der Waals surface area contributed by atoms with Crippen molar-refractivity contribution in [2.24, 2.45) is 0 Å². The Bertz CT molecular complexity index is 1350. The second-order valence-electron chi connectivity index (χ2n) is 7.01. The van der Waals surface area contributed by atoms with Crippen LogP contribution in [0, 0.1) is 11.8 Å². The molecule has 7 heteroatoms. The number of benzene rings is 2. The number of nitrogens with one attached hydrogen (secondary N) is 1. The summed E-state index contributed by atoms with van der Waals surface area (Å²) in [4.78, 5) is 32.8. The molecule has 2 aromatic heterocycles. The van der Waals surface area contributed by atoms with Gasteiger partial charge in [-0.2, -0.15) is 0 Å². The van der Waals surface area contributed by atoms with Crippen LogP contribution in [0.5, 0.6) is 0 Å². The van der Waals surface area contributed by atoms with E-state index in [0.29, 0.717) is 22.5 Å². The van der Waals surface area contributed by atoms with E-state index in [1.165, 1.54) is 18.4 Å². The standard InChI is InChI=1S/C26H19N3O3S/c1-32-26(31)20-7-2-5-18(13-20)10-11-19-6-3-9-22(14-19)28-24(30)15-23-17-33-25(29-23)21-8-4-12-27-16-21/h2-9,12-14,16-17H,15H2,1H3,(H,28,30). The van der Waals surface area contributed by atoms with Gasteiger partial charge < -0.3 is 10.1 Å². The van der Waals surface area contributed by atoms with Gasteiger partial charge in [0.2, 0.25) is 5.91 Å². The average molecular weight is 454 g/mol. The maximum atomic E-state index is 12.5. The maximum absolute atomic E-state index is 12.5. The fourth-order valence-electron chi connectivity index (χ4n) is 3.04. The van der Waals surface area contributed by atoms with Gasteiger partial charge in [0.25, 0.3) is 0 Å². The summed E-state index contributed by atoms with van der Waals surface area (Å²) in [6.45, 7) is 0. The number of pyridine rings is 1.